The normalized spacial score (nSPS) is 11.6. The van der Waals surface area contributed by atoms with Crippen LogP contribution in [0.15, 0.2) is 36.7 Å². The highest BCUT2D eigenvalue weighted by atomic mass is 16.5. The zero-order valence-electron chi connectivity index (χ0n) is 13.7. The molecule has 0 aliphatic carbocycles. The molecular weight excluding hydrogens is 310 g/mol. The first-order valence-electron chi connectivity index (χ1n) is 7.59. The Hall–Kier alpha value is -3.03. The fraction of sp³-hybridized carbons (Fsp3) is 0.312. The van der Waals surface area contributed by atoms with Gasteiger partial charge in [0.25, 0.3) is 0 Å². The number of nitrogens with zero attached hydrogens (tertiary/aromatic N) is 2. The number of ether oxygens (including phenoxy) is 1. The van der Waals surface area contributed by atoms with E-state index in [2.05, 4.69) is 15.7 Å². The van der Waals surface area contributed by atoms with Crippen molar-refractivity contribution < 1.29 is 14.3 Å². The molecule has 0 aliphatic heterocycles. The number of carbonyl (C=O) groups is 2. The van der Waals surface area contributed by atoms with Gasteiger partial charge in [-0.15, -0.1) is 0 Å². The second kappa shape index (κ2) is 8.00. The molecule has 8 heteroatoms. The molecule has 0 bridgehead atoms. The highest BCUT2D eigenvalue weighted by Crippen LogP contribution is 2.17. The lowest BCUT2D eigenvalue weighted by atomic mass is 10.1. The van der Waals surface area contributed by atoms with E-state index < -0.39 is 5.91 Å². The van der Waals surface area contributed by atoms with Crippen LogP contribution in [0.3, 0.4) is 0 Å². The zero-order chi connectivity index (χ0) is 17.5. The van der Waals surface area contributed by atoms with Gasteiger partial charge in [-0.2, -0.15) is 5.10 Å². The first-order chi connectivity index (χ1) is 11.5. The standard InChI is InChI=1S/C16H21N5O3/c1-3-24-14-6-4-12(5-7-14)11(2)19-16(23)20-13-8-18-21(9-13)10-15(17)22/h4-9,11H,3,10H2,1-2H3,(H2,17,22)(H2,19,20,23)/t11-/m1/s1. The largest absolute Gasteiger partial charge is 0.494 e. The van der Waals surface area contributed by atoms with Gasteiger partial charge < -0.3 is 21.1 Å². The van der Waals surface area contributed by atoms with Gasteiger partial charge in [0.05, 0.1) is 24.5 Å². The minimum atomic E-state index is -0.502. The van der Waals surface area contributed by atoms with Crippen molar-refractivity contribution in [3.8, 4) is 5.75 Å². The molecule has 0 unspecified atom stereocenters. The molecule has 0 aliphatic rings. The van der Waals surface area contributed by atoms with E-state index in [1.54, 1.807) is 0 Å². The van der Waals surface area contributed by atoms with Crippen LogP contribution < -0.4 is 21.1 Å². The van der Waals surface area contributed by atoms with Gasteiger partial charge in [-0.25, -0.2) is 4.79 Å². The molecule has 3 amide bonds. The number of anilines is 1. The number of urea groups is 1. The molecule has 1 atom stereocenters. The van der Waals surface area contributed by atoms with Crippen LogP contribution in [0.5, 0.6) is 5.75 Å². The number of hydrogen-bond donors (Lipinski definition) is 3. The number of rotatable bonds is 7. The van der Waals surface area contributed by atoms with E-state index in [4.69, 9.17) is 10.5 Å². The Bertz CT molecular complexity index is 696. The Balaban J connectivity index is 1.89. The molecule has 2 aromatic rings. The molecular formula is C16H21N5O3. The molecule has 0 saturated heterocycles. The third-order valence-corrected chi connectivity index (χ3v) is 3.25. The zero-order valence-corrected chi connectivity index (χ0v) is 13.7. The van der Waals surface area contributed by atoms with Crippen molar-refractivity contribution in [1.29, 1.82) is 0 Å². The highest BCUT2D eigenvalue weighted by molar-refractivity contribution is 5.89. The molecule has 0 radical (unpaired) electrons. The summed E-state index contributed by atoms with van der Waals surface area (Å²) in [6.45, 7) is 4.38. The maximum atomic E-state index is 12.0. The summed E-state index contributed by atoms with van der Waals surface area (Å²) in [4.78, 5) is 22.8. The van der Waals surface area contributed by atoms with Crippen molar-refractivity contribution in [2.75, 3.05) is 11.9 Å². The number of nitrogens with one attached hydrogen (secondary N) is 2. The Kier molecular flexibility index (Phi) is 5.78. The van der Waals surface area contributed by atoms with Gasteiger partial charge in [-0.3, -0.25) is 9.48 Å². The van der Waals surface area contributed by atoms with Crippen molar-refractivity contribution in [2.24, 2.45) is 5.73 Å². The van der Waals surface area contributed by atoms with E-state index in [1.807, 2.05) is 38.1 Å². The number of nitrogens with two attached hydrogens (primary N) is 1. The smallest absolute Gasteiger partial charge is 0.319 e. The Morgan fingerprint density at radius 1 is 1.33 bits per heavy atom. The van der Waals surface area contributed by atoms with Crippen LogP contribution >= 0.6 is 0 Å². The van der Waals surface area contributed by atoms with Gasteiger partial charge >= 0.3 is 6.03 Å². The van der Waals surface area contributed by atoms with Crippen LogP contribution in [0.2, 0.25) is 0 Å². The van der Waals surface area contributed by atoms with E-state index in [9.17, 15) is 9.59 Å². The van der Waals surface area contributed by atoms with E-state index in [1.165, 1.54) is 17.1 Å². The molecule has 0 saturated carbocycles. The topological polar surface area (TPSA) is 111 Å². The average Bonchev–Trinajstić information content (AvgIpc) is 2.94. The van der Waals surface area contributed by atoms with E-state index in [0.29, 0.717) is 12.3 Å². The number of primary amides is 1. The number of carbonyl (C=O) groups excluding carboxylic acids is 2. The van der Waals surface area contributed by atoms with Gasteiger partial charge in [0, 0.05) is 6.20 Å². The summed E-state index contributed by atoms with van der Waals surface area (Å²) in [5, 5.41) is 9.42. The number of aromatic nitrogens is 2. The molecule has 1 heterocycles. The summed E-state index contributed by atoms with van der Waals surface area (Å²) in [6.07, 6.45) is 2.98. The molecule has 0 spiro atoms. The van der Waals surface area contributed by atoms with Gasteiger partial charge in [-0.05, 0) is 31.5 Å². The molecule has 2 rings (SSSR count). The molecule has 128 valence electrons. The maximum Gasteiger partial charge on any atom is 0.319 e. The van der Waals surface area contributed by atoms with Crippen molar-refractivity contribution in [2.45, 2.75) is 26.4 Å². The summed E-state index contributed by atoms with van der Waals surface area (Å²) < 4.78 is 6.74. The summed E-state index contributed by atoms with van der Waals surface area (Å²) in [5.74, 6) is 0.290. The van der Waals surface area contributed by atoms with Gasteiger partial charge in [0.2, 0.25) is 5.91 Å². The fourth-order valence-electron chi connectivity index (χ4n) is 2.14. The molecule has 8 nitrogen and oxygen atoms in total. The fourth-order valence-corrected chi connectivity index (χ4v) is 2.14. The lowest BCUT2D eigenvalue weighted by Gasteiger charge is -2.15. The molecule has 4 N–H and O–H groups in total. The average molecular weight is 331 g/mol. The van der Waals surface area contributed by atoms with Crippen LogP contribution in [-0.2, 0) is 11.3 Å². The molecule has 24 heavy (non-hydrogen) atoms. The number of hydrogen-bond acceptors (Lipinski definition) is 4. The summed E-state index contributed by atoms with van der Waals surface area (Å²) in [7, 11) is 0. The first kappa shape index (κ1) is 17.3. The molecule has 1 aromatic heterocycles. The maximum absolute atomic E-state index is 12.0. The van der Waals surface area contributed by atoms with Crippen molar-refractivity contribution in [3.63, 3.8) is 0 Å². The van der Waals surface area contributed by atoms with Crippen LogP contribution in [0.1, 0.15) is 25.5 Å². The predicted molar refractivity (Wildman–Crippen MR) is 89.6 cm³/mol. The summed E-state index contributed by atoms with van der Waals surface area (Å²) in [5.41, 5.74) is 6.52. The van der Waals surface area contributed by atoms with Crippen molar-refractivity contribution >= 4 is 17.6 Å². The lowest BCUT2D eigenvalue weighted by Crippen LogP contribution is -2.31. The SMILES string of the molecule is CCOc1ccc([C@@H](C)NC(=O)Nc2cnn(CC(N)=O)c2)cc1. The van der Waals surface area contributed by atoms with Gasteiger partial charge in [0.15, 0.2) is 0 Å². The quantitative estimate of drug-likeness (QED) is 0.716. The number of benzene rings is 1. The highest BCUT2D eigenvalue weighted by Gasteiger charge is 2.11. The van der Waals surface area contributed by atoms with Crippen LogP contribution in [0, 0.1) is 0 Å². The third kappa shape index (κ3) is 5.01. The number of amides is 3. The van der Waals surface area contributed by atoms with Crippen LogP contribution in [0.25, 0.3) is 0 Å². The Labute approximate surface area is 140 Å². The van der Waals surface area contributed by atoms with Crippen molar-refractivity contribution in [1.82, 2.24) is 15.1 Å². The molecule has 1 aromatic carbocycles. The second-order valence-corrected chi connectivity index (χ2v) is 5.22. The summed E-state index contributed by atoms with van der Waals surface area (Å²) in [6, 6.07) is 6.99. The third-order valence-electron chi connectivity index (χ3n) is 3.25. The van der Waals surface area contributed by atoms with E-state index in [-0.39, 0.29) is 18.6 Å². The first-order valence-corrected chi connectivity index (χ1v) is 7.59. The monoisotopic (exact) mass is 331 g/mol. The van der Waals surface area contributed by atoms with Crippen LogP contribution in [0.4, 0.5) is 10.5 Å². The van der Waals surface area contributed by atoms with Gasteiger partial charge in [0.1, 0.15) is 12.3 Å². The molecule has 0 fully saturated rings. The Morgan fingerprint density at radius 3 is 2.67 bits per heavy atom. The second-order valence-electron chi connectivity index (χ2n) is 5.22. The van der Waals surface area contributed by atoms with Crippen LogP contribution in [-0.4, -0.2) is 28.3 Å². The predicted octanol–water partition coefficient (Wildman–Crippen LogP) is 1.65. The Morgan fingerprint density at radius 2 is 2.04 bits per heavy atom. The lowest BCUT2D eigenvalue weighted by molar-refractivity contribution is -0.118. The van der Waals surface area contributed by atoms with E-state index >= 15 is 0 Å². The minimum absolute atomic E-state index is 0.0358. The van der Waals surface area contributed by atoms with E-state index in [0.717, 1.165) is 11.3 Å². The van der Waals surface area contributed by atoms with Gasteiger partial charge in [-0.1, -0.05) is 12.1 Å². The van der Waals surface area contributed by atoms with Crippen molar-refractivity contribution in [3.05, 3.63) is 42.2 Å². The minimum Gasteiger partial charge on any atom is -0.494 e. The summed E-state index contributed by atoms with van der Waals surface area (Å²) >= 11 is 0.